The number of carbonyl (C=O) groups is 2. The molecule has 0 aromatic carbocycles. The number of nitrogens with one attached hydrogen (secondary N) is 1. The average molecular weight is 388 g/mol. The quantitative estimate of drug-likeness (QED) is 0.812. The second kappa shape index (κ2) is 7.61. The standard InChI is InChI=1S/C17H23F3N4O3/c1-16(2,3)27-15(26)24-6-4-10(5-7-24)23-14(25)11-8-13(17(18,19)20)22-9-12(11)21/h8-10H,4-7,21H2,1-3H3,(H,23,25). The second-order valence-electron chi connectivity index (χ2n) is 7.37. The molecule has 150 valence electrons. The van der Waals surface area contributed by atoms with Crippen molar-refractivity contribution in [2.24, 2.45) is 0 Å². The predicted molar refractivity (Wildman–Crippen MR) is 91.9 cm³/mol. The number of pyridine rings is 1. The summed E-state index contributed by atoms with van der Waals surface area (Å²) in [6.07, 6.45) is -3.35. The Morgan fingerprint density at radius 1 is 1.26 bits per heavy atom. The molecule has 2 rings (SSSR count). The first-order chi connectivity index (χ1) is 12.4. The third-order valence-electron chi connectivity index (χ3n) is 3.95. The fraction of sp³-hybridized carbons (Fsp3) is 0.588. The van der Waals surface area contributed by atoms with Crippen LogP contribution >= 0.6 is 0 Å². The molecule has 0 saturated carbocycles. The lowest BCUT2D eigenvalue weighted by atomic mass is 10.0. The molecule has 0 atom stereocenters. The van der Waals surface area contributed by atoms with E-state index in [-0.39, 0.29) is 17.3 Å². The molecule has 1 aliphatic heterocycles. The van der Waals surface area contributed by atoms with Gasteiger partial charge in [-0.25, -0.2) is 9.78 Å². The predicted octanol–water partition coefficient (Wildman–Crippen LogP) is 2.81. The summed E-state index contributed by atoms with van der Waals surface area (Å²) in [7, 11) is 0. The number of nitrogens with zero attached hydrogens (tertiary/aromatic N) is 2. The van der Waals surface area contributed by atoms with Crippen LogP contribution in [0.25, 0.3) is 0 Å². The number of ether oxygens (including phenoxy) is 1. The number of hydrogen-bond acceptors (Lipinski definition) is 5. The molecule has 0 aliphatic carbocycles. The Balaban J connectivity index is 1.96. The summed E-state index contributed by atoms with van der Waals surface area (Å²) in [5.74, 6) is -0.698. The van der Waals surface area contributed by atoms with E-state index in [2.05, 4.69) is 10.3 Å². The second-order valence-corrected chi connectivity index (χ2v) is 7.37. The Morgan fingerprint density at radius 3 is 2.37 bits per heavy atom. The van der Waals surface area contributed by atoms with Gasteiger partial charge in [-0.1, -0.05) is 0 Å². The number of halogens is 3. The van der Waals surface area contributed by atoms with Crippen LogP contribution in [0, 0.1) is 0 Å². The minimum atomic E-state index is -4.67. The molecule has 0 bridgehead atoms. The Hall–Kier alpha value is -2.52. The van der Waals surface area contributed by atoms with Crippen molar-refractivity contribution in [3.05, 3.63) is 23.5 Å². The third-order valence-corrected chi connectivity index (χ3v) is 3.95. The number of nitrogen functional groups attached to an aromatic ring is 1. The first-order valence-electron chi connectivity index (χ1n) is 8.48. The molecular formula is C17H23F3N4O3. The molecule has 2 amide bonds. The maximum absolute atomic E-state index is 12.8. The van der Waals surface area contributed by atoms with E-state index in [9.17, 15) is 22.8 Å². The first-order valence-corrected chi connectivity index (χ1v) is 8.48. The van der Waals surface area contributed by atoms with Crippen molar-refractivity contribution in [2.75, 3.05) is 18.8 Å². The number of alkyl halides is 3. The molecule has 1 aromatic rings. The number of rotatable bonds is 2. The summed E-state index contributed by atoms with van der Waals surface area (Å²) in [5, 5.41) is 2.67. The van der Waals surface area contributed by atoms with E-state index in [0.29, 0.717) is 32.0 Å². The number of likely N-dealkylation sites (tertiary alicyclic amines) is 1. The molecule has 0 spiro atoms. The van der Waals surface area contributed by atoms with Gasteiger partial charge in [-0.15, -0.1) is 0 Å². The van der Waals surface area contributed by atoms with Gasteiger partial charge in [-0.3, -0.25) is 4.79 Å². The van der Waals surface area contributed by atoms with E-state index in [4.69, 9.17) is 10.5 Å². The number of nitrogens with two attached hydrogens (primary N) is 1. The van der Waals surface area contributed by atoms with Gasteiger partial charge in [-0.2, -0.15) is 13.2 Å². The maximum Gasteiger partial charge on any atom is 0.433 e. The lowest BCUT2D eigenvalue weighted by Crippen LogP contribution is -2.47. The van der Waals surface area contributed by atoms with Crippen molar-refractivity contribution in [2.45, 2.75) is 51.4 Å². The van der Waals surface area contributed by atoms with Crippen molar-refractivity contribution in [1.82, 2.24) is 15.2 Å². The summed E-state index contributed by atoms with van der Waals surface area (Å²) in [6, 6.07) is 0.360. The monoisotopic (exact) mass is 388 g/mol. The molecular weight excluding hydrogens is 365 g/mol. The Bertz CT molecular complexity index is 708. The highest BCUT2D eigenvalue weighted by Gasteiger charge is 2.34. The van der Waals surface area contributed by atoms with Gasteiger partial charge in [0.25, 0.3) is 5.91 Å². The highest BCUT2D eigenvalue weighted by atomic mass is 19.4. The molecule has 10 heteroatoms. The van der Waals surface area contributed by atoms with Gasteiger partial charge in [0.1, 0.15) is 11.3 Å². The topological polar surface area (TPSA) is 97.5 Å². The molecule has 1 saturated heterocycles. The fourth-order valence-electron chi connectivity index (χ4n) is 2.61. The van der Waals surface area contributed by atoms with Crippen LogP contribution in [0.15, 0.2) is 12.3 Å². The zero-order valence-corrected chi connectivity index (χ0v) is 15.4. The largest absolute Gasteiger partial charge is 0.444 e. The molecule has 7 nitrogen and oxygen atoms in total. The van der Waals surface area contributed by atoms with Crippen molar-refractivity contribution >= 4 is 17.7 Å². The summed E-state index contributed by atoms with van der Waals surface area (Å²) in [5.41, 5.74) is 3.42. The van der Waals surface area contributed by atoms with Gasteiger partial charge in [-0.05, 0) is 39.7 Å². The molecule has 2 heterocycles. The van der Waals surface area contributed by atoms with Crippen LogP contribution in [-0.2, 0) is 10.9 Å². The lowest BCUT2D eigenvalue weighted by molar-refractivity contribution is -0.141. The van der Waals surface area contributed by atoms with Crippen LogP contribution in [-0.4, -0.2) is 46.6 Å². The Labute approximate surface area is 155 Å². The molecule has 27 heavy (non-hydrogen) atoms. The average Bonchev–Trinajstić information content (AvgIpc) is 2.53. The van der Waals surface area contributed by atoms with Gasteiger partial charge in [0.15, 0.2) is 0 Å². The van der Waals surface area contributed by atoms with Crippen LogP contribution in [0.1, 0.15) is 49.7 Å². The maximum atomic E-state index is 12.8. The number of aromatic nitrogens is 1. The first kappa shape index (κ1) is 20.8. The molecule has 1 fully saturated rings. The summed E-state index contributed by atoms with van der Waals surface area (Å²) in [4.78, 5) is 29.1. The van der Waals surface area contributed by atoms with Crippen molar-refractivity contribution < 1.29 is 27.5 Å². The van der Waals surface area contributed by atoms with Crippen LogP contribution in [0.4, 0.5) is 23.7 Å². The van der Waals surface area contributed by atoms with E-state index >= 15 is 0 Å². The minimum absolute atomic E-state index is 0.133. The van der Waals surface area contributed by atoms with Gasteiger partial charge >= 0.3 is 12.3 Å². The van der Waals surface area contributed by atoms with Gasteiger partial charge in [0, 0.05) is 19.1 Å². The van der Waals surface area contributed by atoms with Crippen LogP contribution in [0.5, 0.6) is 0 Å². The zero-order chi connectivity index (χ0) is 20.4. The molecule has 1 aliphatic rings. The molecule has 0 unspecified atom stereocenters. The normalized spacial score (nSPS) is 16.1. The van der Waals surface area contributed by atoms with E-state index in [0.717, 1.165) is 6.20 Å². The summed E-state index contributed by atoms with van der Waals surface area (Å²) in [6.45, 7) is 6.06. The SMILES string of the molecule is CC(C)(C)OC(=O)N1CCC(NC(=O)c2cc(C(F)(F)F)ncc2N)CC1. The number of amides is 2. The molecule has 1 aromatic heterocycles. The van der Waals surface area contributed by atoms with Crippen LogP contribution < -0.4 is 11.1 Å². The van der Waals surface area contributed by atoms with E-state index in [1.54, 1.807) is 20.8 Å². The highest BCUT2D eigenvalue weighted by Crippen LogP contribution is 2.29. The van der Waals surface area contributed by atoms with Crippen molar-refractivity contribution in [3.8, 4) is 0 Å². The van der Waals surface area contributed by atoms with E-state index in [1.165, 1.54) is 4.90 Å². The Kier molecular flexibility index (Phi) is 5.86. The summed E-state index contributed by atoms with van der Waals surface area (Å²) < 4.78 is 43.6. The van der Waals surface area contributed by atoms with Gasteiger partial charge in [0.2, 0.25) is 0 Å². The van der Waals surface area contributed by atoms with Crippen molar-refractivity contribution in [1.29, 1.82) is 0 Å². The fourth-order valence-corrected chi connectivity index (χ4v) is 2.61. The number of piperidine rings is 1. The Morgan fingerprint density at radius 2 is 1.85 bits per heavy atom. The van der Waals surface area contributed by atoms with E-state index in [1.807, 2.05) is 0 Å². The van der Waals surface area contributed by atoms with Crippen molar-refractivity contribution in [3.63, 3.8) is 0 Å². The lowest BCUT2D eigenvalue weighted by Gasteiger charge is -2.33. The highest BCUT2D eigenvalue weighted by molar-refractivity contribution is 5.99. The smallest absolute Gasteiger partial charge is 0.433 e. The van der Waals surface area contributed by atoms with Gasteiger partial charge in [0.05, 0.1) is 17.4 Å². The molecule has 3 N–H and O–H groups in total. The van der Waals surface area contributed by atoms with Crippen LogP contribution in [0.2, 0.25) is 0 Å². The number of carbonyl (C=O) groups excluding carboxylic acids is 2. The number of anilines is 1. The van der Waals surface area contributed by atoms with E-state index < -0.39 is 29.5 Å². The number of hydrogen-bond donors (Lipinski definition) is 2. The van der Waals surface area contributed by atoms with Gasteiger partial charge < -0.3 is 20.7 Å². The summed E-state index contributed by atoms with van der Waals surface area (Å²) >= 11 is 0. The third kappa shape index (κ3) is 5.73. The minimum Gasteiger partial charge on any atom is -0.444 e. The van der Waals surface area contributed by atoms with Crippen LogP contribution in [0.3, 0.4) is 0 Å². The zero-order valence-electron chi connectivity index (χ0n) is 15.4. The molecule has 0 radical (unpaired) electrons.